The van der Waals surface area contributed by atoms with Gasteiger partial charge in [0.15, 0.2) is 10.3 Å². The molecular weight excluding hydrogens is 294 g/mol. The van der Waals surface area contributed by atoms with E-state index < -0.39 is 0 Å². The van der Waals surface area contributed by atoms with Crippen LogP contribution in [0.25, 0.3) is 10.6 Å². The predicted molar refractivity (Wildman–Crippen MR) is 82.9 cm³/mol. The van der Waals surface area contributed by atoms with Crippen LogP contribution in [0.15, 0.2) is 0 Å². The van der Waals surface area contributed by atoms with Crippen LogP contribution in [0.4, 0.5) is 15.1 Å². The third-order valence-corrected chi connectivity index (χ3v) is 5.12. The summed E-state index contributed by atoms with van der Waals surface area (Å²) in [7, 11) is 1.87. The molecule has 2 amide bonds. The standard InChI is InChI=1S/C12H15N5OS2/c1-3-14-10(18)17-12-15-6-4-5-7-8(9(6)20-12)16-11(13-2)19-7/h3-5H2,1-2H3,(H,13,16)(H2,14,15,17,18). The van der Waals surface area contributed by atoms with Crippen molar-refractivity contribution in [3.05, 3.63) is 10.6 Å². The first-order chi connectivity index (χ1) is 9.71. The molecule has 0 bridgehead atoms. The number of nitrogens with zero attached hydrogens (tertiary/aromatic N) is 2. The number of urea groups is 1. The van der Waals surface area contributed by atoms with Crippen LogP contribution >= 0.6 is 22.7 Å². The van der Waals surface area contributed by atoms with Gasteiger partial charge in [-0.15, -0.1) is 11.3 Å². The maximum Gasteiger partial charge on any atom is 0.321 e. The fraction of sp³-hybridized carbons (Fsp3) is 0.417. The van der Waals surface area contributed by atoms with Crippen LogP contribution in [-0.4, -0.2) is 29.6 Å². The van der Waals surface area contributed by atoms with Gasteiger partial charge >= 0.3 is 6.03 Å². The van der Waals surface area contributed by atoms with E-state index in [2.05, 4.69) is 25.9 Å². The third-order valence-electron chi connectivity index (χ3n) is 2.97. The lowest BCUT2D eigenvalue weighted by Gasteiger charge is -2.07. The van der Waals surface area contributed by atoms with E-state index in [-0.39, 0.29) is 6.03 Å². The fourth-order valence-electron chi connectivity index (χ4n) is 2.10. The van der Waals surface area contributed by atoms with Crippen molar-refractivity contribution in [1.29, 1.82) is 0 Å². The first-order valence-electron chi connectivity index (χ1n) is 6.43. The molecule has 6 nitrogen and oxygen atoms in total. The van der Waals surface area contributed by atoms with E-state index in [1.807, 2.05) is 14.0 Å². The number of nitrogens with one attached hydrogen (secondary N) is 3. The van der Waals surface area contributed by atoms with Crippen LogP contribution in [0, 0.1) is 0 Å². The zero-order valence-electron chi connectivity index (χ0n) is 11.2. The molecule has 2 aromatic heterocycles. The van der Waals surface area contributed by atoms with Gasteiger partial charge in [-0.05, 0) is 19.8 Å². The number of rotatable bonds is 3. The van der Waals surface area contributed by atoms with Crippen molar-refractivity contribution in [2.75, 3.05) is 24.2 Å². The highest BCUT2D eigenvalue weighted by Crippen LogP contribution is 2.42. The summed E-state index contributed by atoms with van der Waals surface area (Å²) in [6.45, 7) is 2.48. The average molecular weight is 309 g/mol. The van der Waals surface area contributed by atoms with E-state index in [0.717, 1.165) is 34.2 Å². The summed E-state index contributed by atoms with van der Waals surface area (Å²) in [4.78, 5) is 23.0. The number of hydrogen-bond acceptors (Lipinski definition) is 6. The van der Waals surface area contributed by atoms with Crippen molar-refractivity contribution < 1.29 is 4.79 Å². The Morgan fingerprint density at radius 1 is 1.25 bits per heavy atom. The molecule has 0 saturated heterocycles. The highest BCUT2D eigenvalue weighted by Gasteiger charge is 2.25. The SMILES string of the molecule is CCNC(=O)Nc1nc2c(s1)-c1nc(NC)sc1CC2. The van der Waals surface area contributed by atoms with Crippen molar-refractivity contribution >= 4 is 39.0 Å². The largest absolute Gasteiger partial charge is 0.365 e. The van der Waals surface area contributed by atoms with Crippen molar-refractivity contribution in [3.8, 4) is 10.6 Å². The molecule has 20 heavy (non-hydrogen) atoms. The van der Waals surface area contributed by atoms with Crippen LogP contribution in [-0.2, 0) is 12.8 Å². The molecule has 0 saturated carbocycles. The lowest BCUT2D eigenvalue weighted by Crippen LogP contribution is -2.28. The van der Waals surface area contributed by atoms with Crippen molar-refractivity contribution in [2.45, 2.75) is 19.8 Å². The first-order valence-corrected chi connectivity index (χ1v) is 8.07. The minimum atomic E-state index is -0.215. The third kappa shape index (κ3) is 2.36. The monoisotopic (exact) mass is 309 g/mol. The fourth-order valence-corrected chi connectivity index (χ4v) is 4.11. The van der Waals surface area contributed by atoms with E-state index in [1.165, 1.54) is 16.2 Å². The zero-order chi connectivity index (χ0) is 14.1. The average Bonchev–Trinajstić information content (AvgIpc) is 3.00. The second-order valence-electron chi connectivity index (χ2n) is 4.32. The van der Waals surface area contributed by atoms with Gasteiger partial charge in [-0.1, -0.05) is 11.3 Å². The normalized spacial score (nSPS) is 12.5. The molecule has 0 radical (unpaired) electrons. The number of carbonyl (C=O) groups excluding carboxylic acids is 1. The highest BCUT2D eigenvalue weighted by atomic mass is 32.1. The summed E-state index contributed by atoms with van der Waals surface area (Å²) in [5.41, 5.74) is 2.05. The van der Waals surface area contributed by atoms with E-state index in [0.29, 0.717) is 11.7 Å². The van der Waals surface area contributed by atoms with E-state index >= 15 is 0 Å². The molecule has 0 atom stereocenters. The zero-order valence-corrected chi connectivity index (χ0v) is 12.9. The number of amides is 2. The molecule has 0 fully saturated rings. The predicted octanol–water partition coefficient (Wildman–Crippen LogP) is 2.55. The van der Waals surface area contributed by atoms with Gasteiger partial charge in [0.25, 0.3) is 0 Å². The van der Waals surface area contributed by atoms with Gasteiger partial charge in [-0.25, -0.2) is 14.8 Å². The Morgan fingerprint density at radius 3 is 2.85 bits per heavy atom. The Bertz CT molecular complexity index is 648. The number of hydrogen-bond donors (Lipinski definition) is 3. The minimum absolute atomic E-state index is 0.215. The molecule has 3 rings (SSSR count). The number of anilines is 2. The molecule has 2 aromatic rings. The molecule has 0 spiro atoms. The van der Waals surface area contributed by atoms with Crippen LogP contribution < -0.4 is 16.0 Å². The minimum Gasteiger partial charge on any atom is -0.365 e. The molecule has 8 heteroatoms. The van der Waals surface area contributed by atoms with Crippen molar-refractivity contribution in [1.82, 2.24) is 15.3 Å². The van der Waals surface area contributed by atoms with E-state index in [4.69, 9.17) is 0 Å². The Morgan fingerprint density at radius 2 is 2.10 bits per heavy atom. The van der Waals surface area contributed by atoms with Gasteiger partial charge < -0.3 is 10.6 Å². The van der Waals surface area contributed by atoms with Crippen molar-refractivity contribution in [3.63, 3.8) is 0 Å². The number of carbonyl (C=O) groups is 1. The maximum atomic E-state index is 11.5. The van der Waals surface area contributed by atoms with Crippen molar-refractivity contribution in [2.24, 2.45) is 0 Å². The van der Waals surface area contributed by atoms with Gasteiger partial charge in [0.1, 0.15) is 0 Å². The molecule has 1 aliphatic rings. The quantitative estimate of drug-likeness (QED) is 0.814. The molecule has 2 heterocycles. The summed E-state index contributed by atoms with van der Waals surface area (Å²) < 4.78 is 0. The van der Waals surface area contributed by atoms with Gasteiger partial charge in [-0.2, -0.15) is 0 Å². The molecule has 106 valence electrons. The van der Waals surface area contributed by atoms with Gasteiger partial charge in [-0.3, -0.25) is 5.32 Å². The lowest BCUT2D eigenvalue weighted by atomic mass is 10.1. The lowest BCUT2D eigenvalue weighted by molar-refractivity contribution is 0.252. The molecule has 0 unspecified atom stereocenters. The second kappa shape index (κ2) is 5.37. The van der Waals surface area contributed by atoms with Crippen LogP contribution in [0.5, 0.6) is 0 Å². The van der Waals surface area contributed by atoms with Gasteiger partial charge in [0.05, 0.1) is 16.3 Å². The Hall–Kier alpha value is -1.67. The van der Waals surface area contributed by atoms with E-state index in [9.17, 15) is 4.79 Å². The van der Waals surface area contributed by atoms with Gasteiger partial charge in [0, 0.05) is 18.5 Å². The molecular formula is C12H15N5OS2. The summed E-state index contributed by atoms with van der Waals surface area (Å²) in [5.74, 6) is 0. The number of aryl methyl sites for hydroxylation is 2. The smallest absolute Gasteiger partial charge is 0.321 e. The summed E-state index contributed by atoms with van der Waals surface area (Å²) in [5, 5.41) is 10.1. The summed E-state index contributed by atoms with van der Waals surface area (Å²) in [6, 6.07) is -0.215. The Kier molecular flexibility index (Phi) is 3.58. The topological polar surface area (TPSA) is 78.9 Å². The Balaban J connectivity index is 1.89. The molecule has 3 N–H and O–H groups in total. The summed E-state index contributed by atoms with van der Waals surface area (Å²) >= 11 is 3.18. The van der Waals surface area contributed by atoms with E-state index in [1.54, 1.807) is 11.3 Å². The Labute approximate surface area is 124 Å². The number of fused-ring (bicyclic) bond motifs is 3. The second-order valence-corrected chi connectivity index (χ2v) is 6.40. The molecule has 0 aliphatic heterocycles. The number of aromatic nitrogens is 2. The van der Waals surface area contributed by atoms with Crippen LogP contribution in [0.1, 0.15) is 17.5 Å². The van der Waals surface area contributed by atoms with Gasteiger partial charge in [0.2, 0.25) is 0 Å². The first kappa shape index (κ1) is 13.3. The van der Waals surface area contributed by atoms with Crippen LogP contribution in [0.2, 0.25) is 0 Å². The highest BCUT2D eigenvalue weighted by molar-refractivity contribution is 7.20. The summed E-state index contributed by atoms with van der Waals surface area (Å²) in [6.07, 6.45) is 1.87. The molecule has 1 aliphatic carbocycles. The molecule has 0 aromatic carbocycles. The number of thiazole rings is 2. The van der Waals surface area contributed by atoms with Crippen LogP contribution in [0.3, 0.4) is 0 Å². The maximum absolute atomic E-state index is 11.5.